The number of halogens is 2. The Hall–Kier alpha value is -1.24. The van der Waals surface area contributed by atoms with Crippen molar-refractivity contribution in [1.82, 2.24) is 0 Å². The first kappa shape index (κ1) is 16.1. The molecule has 0 aliphatic heterocycles. The molecule has 2 rings (SSSR count). The molecule has 1 atom stereocenters. The van der Waals surface area contributed by atoms with E-state index < -0.39 is 15.9 Å². The molecule has 0 saturated heterocycles. The summed E-state index contributed by atoms with van der Waals surface area (Å²) in [7, 11) is -3.26. The third-order valence-electron chi connectivity index (χ3n) is 3.11. The van der Waals surface area contributed by atoms with Gasteiger partial charge in [0.25, 0.3) is 0 Å². The molecule has 0 spiro atoms. The molecule has 0 aliphatic carbocycles. The first-order chi connectivity index (χ1) is 9.77. The summed E-state index contributed by atoms with van der Waals surface area (Å²) in [4.78, 5) is 0.199. The molecule has 0 amide bonds. The molecule has 1 N–H and O–H groups in total. The highest BCUT2D eigenvalue weighted by atomic mass is 79.9. The van der Waals surface area contributed by atoms with Crippen molar-refractivity contribution in [2.45, 2.75) is 17.4 Å². The Balaban J connectivity index is 2.20. The van der Waals surface area contributed by atoms with E-state index in [1.807, 2.05) is 0 Å². The molecule has 0 heterocycles. The van der Waals surface area contributed by atoms with Crippen molar-refractivity contribution in [3.05, 3.63) is 63.9 Å². The van der Waals surface area contributed by atoms with Crippen LogP contribution in [0.15, 0.2) is 51.8 Å². The summed E-state index contributed by atoms with van der Waals surface area (Å²) in [5, 5.41) is 10.2. The van der Waals surface area contributed by atoms with Crippen LogP contribution in [0.4, 0.5) is 4.39 Å². The molecule has 2 aromatic rings. The minimum absolute atomic E-state index is 0.199. The number of rotatable bonds is 4. The second kappa shape index (κ2) is 6.25. The van der Waals surface area contributed by atoms with Crippen LogP contribution >= 0.6 is 15.9 Å². The molecule has 1 unspecified atom stereocenters. The average Bonchev–Trinajstić information content (AvgIpc) is 2.42. The quantitative estimate of drug-likeness (QED) is 0.895. The first-order valence-corrected chi connectivity index (χ1v) is 8.88. The highest BCUT2D eigenvalue weighted by Gasteiger charge is 2.13. The van der Waals surface area contributed by atoms with Gasteiger partial charge in [0, 0.05) is 17.1 Å². The Morgan fingerprint density at radius 2 is 1.81 bits per heavy atom. The smallest absolute Gasteiger partial charge is 0.175 e. The van der Waals surface area contributed by atoms with Crippen LogP contribution in [0.3, 0.4) is 0 Å². The van der Waals surface area contributed by atoms with Crippen LogP contribution in [0.1, 0.15) is 17.2 Å². The van der Waals surface area contributed by atoms with Gasteiger partial charge in [-0.3, -0.25) is 0 Å². The zero-order valence-electron chi connectivity index (χ0n) is 11.3. The van der Waals surface area contributed by atoms with Gasteiger partial charge in [-0.15, -0.1) is 0 Å². The van der Waals surface area contributed by atoms with Gasteiger partial charge >= 0.3 is 0 Å². The molecule has 3 nitrogen and oxygen atoms in total. The number of hydrogen-bond acceptors (Lipinski definition) is 3. The van der Waals surface area contributed by atoms with E-state index in [1.165, 1.54) is 24.3 Å². The predicted molar refractivity (Wildman–Crippen MR) is 82.3 cm³/mol. The number of aliphatic hydroxyl groups is 1. The number of hydrogen-bond donors (Lipinski definition) is 1. The largest absolute Gasteiger partial charge is 0.388 e. The van der Waals surface area contributed by atoms with Gasteiger partial charge in [-0.25, -0.2) is 12.8 Å². The van der Waals surface area contributed by atoms with E-state index in [1.54, 1.807) is 18.2 Å². The zero-order chi connectivity index (χ0) is 15.6. The summed E-state index contributed by atoms with van der Waals surface area (Å²) in [6, 6.07) is 10.3. The van der Waals surface area contributed by atoms with Crippen molar-refractivity contribution in [1.29, 1.82) is 0 Å². The van der Waals surface area contributed by atoms with Gasteiger partial charge in [-0.2, -0.15) is 0 Å². The van der Waals surface area contributed by atoms with Crippen molar-refractivity contribution >= 4 is 25.8 Å². The van der Waals surface area contributed by atoms with Crippen molar-refractivity contribution in [3.63, 3.8) is 0 Å². The predicted octanol–water partition coefficient (Wildman–Crippen LogP) is 3.27. The molecular weight excluding hydrogens is 359 g/mol. The third kappa shape index (κ3) is 4.12. The summed E-state index contributed by atoms with van der Waals surface area (Å²) in [5.74, 6) is -0.368. The molecule has 112 valence electrons. The van der Waals surface area contributed by atoms with Gasteiger partial charge in [0.15, 0.2) is 9.84 Å². The van der Waals surface area contributed by atoms with Crippen LogP contribution in [-0.2, 0) is 16.3 Å². The maximum Gasteiger partial charge on any atom is 0.175 e. The van der Waals surface area contributed by atoms with Crippen LogP contribution < -0.4 is 0 Å². The molecule has 21 heavy (non-hydrogen) atoms. The molecule has 0 radical (unpaired) electrons. The monoisotopic (exact) mass is 372 g/mol. The van der Waals surface area contributed by atoms with E-state index in [0.29, 0.717) is 11.1 Å². The molecule has 0 bridgehead atoms. The maximum absolute atomic E-state index is 13.2. The Kier molecular flexibility index (Phi) is 4.81. The lowest BCUT2D eigenvalue weighted by Gasteiger charge is -2.13. The van der Waals surface area contributed by atoms with Gasteiger partial charge in [-0.05, 0) is 41.5 Å². The van der Waals surface area contributed by atoms with Gasteiger partial charge in [0.2, 0.25) is 0 Å². The summed E-state index contributed by atoms with van der Waals surface area (Å²) >= 11 is 3.31. The topological polar surface area (TPSA) is 54.4 Å². The van der Waals surface area contributed by atoms with Crippen molar-refractivity contribution in [3.8, 4) is 0 Å². The van der Waals surface area contributed by atoms with Crippen LogP contribution in [0, 0.1) is 5.82 Å². The second-order valence-electron chi connectivity index (χ2n) is 4.80. The number of benzene rings is 2. The average molecular weight is 373 g/mol. The van der Waals surface area contributed by atoms with Crippen LogP contribution in [-0.4, -0.2) is 19.8 Å². The molecule has 0 aromatic heterocycles. The molecule has 2 aromatic carbocycles. The fourth-order valence-electron chi connectivity index (χ4n) is 1.96. The van der Waals surface area contributed by atoms with E-state index in [9.17, 15) is 17.9 Å². The first-order valence-electron chi connectivity index (χ1n) is 6.19. The van der Waals surface area contributed by atoms with E-state index in [-0.39, 0.29) is 17.1 Å². The molecule has 0 aliphatic rings. The Morgan fingerprint density at radius 3 is 2.38 bits per heavy atom. The van der Waals surface area contributed by atoms with E-state index >= 15 is 0 Å². The second-order valence-corrected chi connectivity index (χ2v) is 7.67. The van der Waals surface area contributed by atoms with Gasteiger partial charge in [-0.1, -0.05) is 28.1 Å². The molecule has 0 saturated carbocycles. The van der Waals surface area contributed by atoms with E-state index in [4.69, 9.17) is 0 Å². The van der Waals surface area contributed by atoms with Crippen LogP contribution in [0.25, 0.3) is 0 Å². The zero-order valence-corrected chi connectivity index (χ0v) is 13.7. The summed E-state index contributed by atoms with van der Waals surface area (Å²) in [6.45, 7) is 0. The maximum atomic E-state index is 13.2. The lowest BCUT2D eigenvalue weighted by Crippen LogP contribution is -2.04. The molecule has 0 fully saturated rings. The molecule has 6 heteroatoms. The van der Waals surface area contributed by atoms with Crippen LogP contribution in [0.5, 0.6) is 0 Å². The Bertz CT molecular complexity index is 742. The lowest BCUT2D eigenvalue weighted by molar-refractivity contribution is 0.178. The van der Waals surface area contributed by atoms with Gasteiger partial charge < -0.3 is 5.11 Å². The standard InChI is InChI=1S/C15H14BrFO3S/c1-21(19,20)13-5-2-10(3-6-13)15(18)9-11-8-12(17)4-7-14(11)16/h2-8,15,18H,9H2,1H3. The van der Waals surface area contributed by atoms with E-state index in [0.717, 1.165) is 10.7 Å². The van der Waals surface area contributed by atoms with Gasteiger partial charge in [0.05, 0.1) is 11.0 Å². The normalized spacial score (nSPS) is 13.1. The minimum atomic E-state index is -3.26. The molecular formula is C15H14BrFO3S. The van der Waals surface area contributed by atoms with Crippen molar-refractivity contribution in [2.24, 2.45) is 0 Å². The highest BCUT2D eigenvalue weighted by Crippen LogP contribution is 2.25. The van der Waals surface area contributed by atoms with Gasteiger partial charge in [0.1, 0.15) is 5.82 Å². The van der Waals surface area contributed by atoms with Crippen LogP contribution in [0.2, 0.25) is 0 Å². The highest BCUT2D eigenvalue weighted by molar-refractivity contribution is 9.10. The summed E-state index contributed by atoms with van der Waals surface area (Å²) in [6.07, 6.45) is 0.524. The fourth-order valence-corrected chi connectivity index (χ4v) is 3.00. The van der Waals surface area contributed by atoms with Crippen molar-refractivity contribution < 1.29 is 17.9 Å². The Labute approximate surface area is 131 Å². The lowest BCUT2D eigenvalue weighted by atomic mass is 10.0. The Morgan fingerprint density at radius 1 is 1.19 bits per heavy atom. The summed E-state index contributed by atoms with van der Waals surface area (Å²) in [5.41, 5.74) is 1.23. The number of aliphatic hydroxyl groups excluding tert-OH is 1. The fraction of sp³-hybridized carbons (Fsp3) is 0.200. The third-order valence-corrected chi connectivity index (χ3v) is 5.02. The van der Waals surface area contributed by atoms with Crippen molar-refractivity contribution in [2.75, 3.05) is 6.26 Å². The minimum Gasteiger partial charge on any atom is -0.388 e. The van der Waals surface area contributed by atoms with E-state index in [2.05, 4.69) is 15.9 Å². The summed E-state index contributed by atoms with van der Waals surface area (Å²) < 4.78 is 36.7. The number of sulfone groups is 1. The SMILES string of the molecule is CS(=O)(=O)c1ccc(C(O)Cc2cc(F)ccc2Br)cc1.